The number of nitrogens with zero attached hydrogens (tertiary/aromatic N) is 3. The van der Waals surface area contributed by atoms with Gasteiger partial charge >= 0.3 is 0 Å². The smallest absolute Gasteiger partial charge is 0.273 e. The van der Waals surface area contributed by atoms with Crippen LogP contribution in [0.25, 0.3) is 0 Å². The number of imidazole rings is 1. The quantitative estimate of drug-likeness (QED) is 0.476. The molecule has 7 heteroatoms. The second-order valence-electron chi connectivity index (χ2n) is 5.18. The first-order chi connectivity index (χ1) is 10.5. The second kappa shape index (κ2) is 7.26. The summed E-state index contributed by atoms with van der Waals surface area (Å²) in [5.41, 5.74) is 1.39. The first kappa shape index (κ1) is 16.3. The van der Waals surface area contributed by atoms with Crippen molar-refractivity contribution in [1.82, 2.24) is 9.55 Å². The monoisotopic (exact) mass is 322 g/mol. The Kier molecular flexibility index (Phi) is 5.38. The lowest BCUT2D eigenvalue weighted by Gasteiger charge is -2.10. The van der Waals surface area contributed by atoms with Crippen molar-refractivity contribution in [2.45, 2.75) is 33.2 Å². The highest BCUT2D eigenvalue weighted by Gasteiger charge is 2.13. The van der Waals surface area contributed by atoms with Gasteiger partial charge in [-0.05, 0) is 32.8 Å². The Balaban J connectivity index is 1.83. The minimum Gasteiger partial charge on any atom is -0.384 e. The van der Waals surface area contributed by atoms with E-state index in [9.17, 15) is 10.1 Å². The van der Waals surface area contributed by atoms with Gasteiger partial charge in [-0.15, -0.1) is 0 Å². The average molecular weight is 323 g/mol. The molecule has 0 aliphatic heterocycles. The lowest BCUT2D eigenvalue weighted by molar-refractivity contribution is -0.385. The molecular formula is C15H19ClN4O2. The summed E-state index contributed by atoms with van der Waals surface area (Å²) in [5, 5.41) is 14.5. The number of hydrogen-bond acceptors (Lipinski definition) is 4. The van der Waals surface area contributed by atoms with E-state index in [4.69, 9.17) is 11.6 Å². The highest BCUT2D eigenvalue weighted by Crippen LogP contribution is 2.30. The molecule has 0 radical (unpaired) electrons. The summed E-state index contributed by atoms with van der Waals surface area (Å²) in [4.78, 5) is 14.6. The molecule has 1 N–H and O–H groups in total. The van der Waals surface area contributed by atoms with Crippen LogP contribution in [0.3, 0.4) is 0 Å². The first-order valence-electron chi connectivity index (χ1n) is 7.15. The summed E-state index contributed by atoms with van der Waals surface area (Å²) in [6.07, 6.45) is 5.77. The number of aryl methyl sites for hydroxylation is 3. The fraction of sp³-hybridized carbons (Fsp3) is 0.400. The van der Waals surface area contributed by atoms with Gasteiger partial charge in [-0.25, -0.2) is 4.98 Å². The zero-order valence-electron chi connectivity index (χ0n) is 12.7. The van der Waals surface area contributed by atoms with Crippen molar-refractivity contribution in [3.63, 3.8) is 0 Å². The largest absolute Gasteiger partial charge is 0.384 e. The third-order valence-corrected chi connectivity index (χ3v) is 3.86. The number of aromatic nitrogens is 2. The third kappa shape index (κ3) is 3.98. The van der Waals surface area contributed by atoms with E-state index in [2.05, 4.69) is 14.9 Å². The minimum atomic E-state index is -0.418. The molecule has 0 spiro atoms. The number of benzene rings is 1. The van der Waals surface area contributed by atoms with Gasteiger partial charge in [0.1, 0.15) is 5.82 Å². The van der Waals surface area contributed by atoms with Crippen molar-refractivity contribution in [1.29, 1.82) is 0 Å². The van der Waals surface area contributed by atoms with Crippen LogP contribution in [0.4, 0.5) is 11.4 Å². The van der Waals surface area contributed by atoms with E-state index in [1.54, 1.807) is 19.2 Å². The Labute approximate surface area is 134 Å². The number of halogens is 1. The molecule has 22 heavy (non-hydrogen) atoms. The molecule has 0 bridgehead atoms. The standard InChI is InChI=1S/C15H19ClN4O2/c1-11-9-14(13(16)10-15(11)20(21)22)18-5-3-4-7-19-8-6-17-12(19)2/h6,8-10,18H,3-5,7H2,1-2H3. The van der Waals surface area contributed by atoms with Crippen LogP contribution in [0, 0.1) is 24.0 Å². The molecular weight excluding hydrogens is 304 g/mol. The lowest BCUT2D eigenvalue weighted by atomic mass is 10.1. The Morgan fingerprint density at radius 3 is 2.77 bits per heavy atom. The van der Waals surface area contributed by atoms with E-state index in [1.165, 1.54) is 6.07 Å². The fourth-order valence-electron chi connectivity index (χ4n) is 2.27. The van der Waals surface area contributed by atoms with E-state index in [0.29, 0.717) is 10.6 Å². The Bertz CT molecular complexity index is 670. The molecule has 6 nitrogen and oxygen atoms in total. The van der Waals surface area contributed by atoms with Crippen LogP contribution in [0.1, 0.15) is 24.2 Å². The number of hydrogen-bond donors (Lipinski definition) is 1. The van der Waals surface area contributed by atoms with Gasteiger partial charge in [0.15, 0.2) is 0 Å². The Hall–Kier alpha value is -2.08. The van der Waals surface area contributed by atoms with E-state index in [1.807, 2.05) is 13.1 Å². The van der Waals surface area contributed by atoms with Gasteiger partial charge in [0.05, 0.1) is 15.6 Å². The van der Waals surface area contributed by atoms with Crippen molar-refractivity contribution in [2.24, 2.45) is 0 Å². The van der Waals surface area contributed by atoms with Crippen LogP contribution in [0.15, 0.2) is 24.5 Å². The maximum absolute atomic E-state index is 10.8. The first-order valence-corrected chi connectivity index (χ1v) is 7.53. The summed E-state index contributed by atoms with van der Waals surface area (Å²) >= 11 is 6.08. The number of nitro groups is 1. The maximum Gasteiger partial charge on any atom is 0.273 e. The van der Waals surface area contributed by atoms with Crippen LogP contribution >= 0.6 is 11.6 Å². The average Bonchev–Trinajstić information content (AvgIpc) is 2.87. The Morgan fingerprint density at radius 2 is 2.14 bits per heavy atom. The van der Waals surface area contributed by atoms with Crippen LogP contribution in [-0.4, -0.2) is 21.0 Å². The van der Waals surface area contributed by atoms with Gasteiger partial charge in [-0.2, -0.15) is 0 Å². The normalized spacial score (nSPS) is 10.7. The SMILES string of the molecule is Cc1cc(NCCCCn2ccnc2C)c(Cl)cc1[N+](=O)[O-]. The molecule has 0 fully saturated rings. The summed E-state index contributed by atoms with van der Waals surface area (Å²) in [7, 11) is 0. The van der Waals surface area contributed by atoms with Crippen molar-refractivity contribution in [2.75, 3.05) is 11.9 Å². The number of unbranched alkanes of at least 4 members (excludes halogenated alkanes) is 1. The number of anilines is 1. The molecule has 0 aliphatic carbocycles. The number of nitrogens with one attached hydrogen (secondary N) is 1. The van der Waals surface area contributed by atoms with Crippen molar-refractivity contribution < 1.29 is 4.92 Å². The molecule has 118 valence electrons. The van der Waals surface area contributed by atoms with Gasteiger partial charge in [-0.1, -0.05) is 11.6 Å². The van der Waals surface area contributed by atoms with Crippen molar-refractivity contribution >= 4 is 23.0 Å². The van der Waals surface area contributed by atoms with E-state index in [-0.39, 0.29) is 5.69 Å². The molecule has 0 aliphatic rings. The highest BCUT2D eigenvalue weighted by atomic mass is 35.5. The third-order valence-electron chi connectivity index (χ3n) is 3.55. The molecule has 0 saturated heterocycles. The predicted octanol–water partition coefficient (Wildman–Crippen LogP) is 3.95. The van der Waals surface area contributed by atoms with E-state index >= 15 is 0 Å². The molecule has 2 aromatic rings. The zero-order valence-corrected chi connectivity index (χ0v) is 13.4. The van der Waals surface area contributed by atoms with Crippen LogP contribution in [0.5, 0.6) is 0 Å². The summed E-state index contributed by atoms with van der Waals surface area (Å²) in [6, 6.07) is 3.12. The molecule has 0 atom stereocenters. The van der Waals surface area contributed by atoms with Crippen molar-refractivity contribution in [3.8, 4) is 0 Å². The van der Waals surface area contributed by atoms with Gasteiger partial charge < -0.3 is 9.88 Å². The molecule has 2 rings (SSSR count). The van der Waals surface area contributed by atoms with Crippen molar-refractivity contribution in [3.05, 3.63) is 51.1 Å². The molecule has 0 amide bonds. The number of nitro benzene ring substituents is 1. The summed E-state index contributed by atoms with van der Waals surface area (Å²) < 4.78 is 2.11. The van der Waals surface area contributed by atoms with Crippen LogP contribution in [0.2, 0.25) is 5.02 Å². The molecule has 1 aromatic heterocycles. The van der Waals surface area contributed by atoms with Gasteiger partial charge in [0, 0.05) is 37.1 Å². The fourth-order valence-corrected chi connectivity index (χ4v) is 2.50. The van der Waals surface area contributed by atoms with Gasteiger partial charge in [0.25, 0.3) is 5.69 Å². The summed E-state index contributed by atoms with van der Waals surface area (Å²) in [5.74, 6) is 1.02. The predicted molar refractivity (Wildman–Crippen MR) is 87.5 cm³/mol. The van der Waals surface area contributed by atoms with Crippen LogP contribution in [-0.2, 0) is 6.54 Å². The van der Waals surface area contributed by atoms with E-state index < -0.39 is 4.92 Å². The second-order valence-corrected chi connectivity index (χ2v) is 5.58. The Morgan fingerprint density at radius 1 is 1.36 bits per heavy atom. The maximum atomic E-state index is 10.8. The minimum absolute atomic E-state index is 0.0473. The van der Waals surface area contributed by atoms with Gasteiger partial charge in [-0.3, -0.25) is 10.1 Å². The molecule has 1 aromatic carbocycles. The zero-order chi connectivity index (χ0) is 16.1. The molecule has 0 unspecified atom stereocenters. The lowest BCUT2D eigenvalue weighted by Crippen LogP contribution is -2.06. The molecule has 0 saturated carbocycles. The van der Waals surface area contributed by atoms with Gasteiger partial charge in [0.2, 0.25) is 0 Å². The molecule has 1 heterocycles. The van der Waals surface area contributed by atoms with E-state index in [0.717, 1.165) is 37.4 Å². The summed E-state index contributed by atoms with van der Waals surface area (Å²) in [6.45, 7) is 5.39. The number of rotatable bonds is 7. The topological polar surface area (TPSA) is 73.0 Å². The highest BCUT2D eigenvalue weighted by molar-refractivity contribution is 6.33. The van der Waals surface area contributed by atoms with Crippen LogP contribution < -0.4 is 5.32 Å².